The monoisotopic (exact) mass is 410 g/mol. The van der Waals surface area contributed by atoms with E-state index < -0.39 is 24.0 Å². The van der Waals surface area contributed by atoms with Crippen LogP contribution in [0, 0.1) is 0 Å². The van der Waals surface area contributed by atoms with Crippen molar-refractivity contribution in [1.29, 1.82) is 0 Å². The molecule has 2 aromatic carbocycles. The fraction of sp³-hybridized carbons (Fsp3) is 0.227. The Kier molecular flexibility index (Phi) is 7.05. The lowest BCUT2D eigenvalue weighted by Gasteiger charge is -2.18. The van der Waals surface area contributed by atoms with Gasteiger partial charge in [-0.25, -0.2) is 9.59 Å². The lowest BCUT2D eigenvalue weighted by atomic mass is 10.2. The maximum atomic E-state index is 12.0. The molecule has 0 radical (unpaired) electrons. The lowest BCUT2D eigenvalue weighted by Crippen LogP contribution is -2.44. The first-order chi connectivity index (χ1) is 14.5. The van der Waals surface area contributed by atoms with Gasteiger partial charge in [0.2, 0.25) is 0 Å². The zero-order valence-corrected chi connectivity index (χ0v) is 16.4. The summed E-state index contributed by atoms with van der Waals surface area (Å²) in [5.41, 5.74) is 1.61. The largest absolute Gasteiger partial charge is 0.486 e. The highest BCUT2D eigenvalue weighted by Gasteiger charge is 2.19. The molecule has 0 aliphatic carbocycles. The van der Waals surface area contributed by atoms with E-state index in [0.717, 1.165) is 5.56 Å². The summed E-state index contributed by atoms with van der Waals surface area (Å²) in [6, 6.07) is 13.9. The van der Waals surface area contributed by atoms with Crippen LogP contribution in [0.25, 0.3) is 6.08 Å². The standard InChI is InChI=1S/C22H22N2O6/c1-15(21(26)24-22(27)23-14-17-5-3-2-4-6-17)30-20(25)10-8-16-7-9-18-19(13-16)29-12-11-28-18/h2-10,13,15H,11-12,14H2,1H3,(H2,23,24,26,27)/b10-8+/t15-/m1/s1. The third-order valence-electron chi connectivity index (χ3n) is 4.17. The number of imide groups is 1. The molecule has 8 nitrogen and oxygen atoms in total. The fourth-order valence-corrected chi connectivity index (χ4v) is 2.63. The van der Waals surface area contributed by atoms with Gasteiger partial charge in [0.15, 0.2) is 17.6 Å². The number of esters is 1. The Bertz CT molecular complexity index is 942. The van der Waals surface area contributed by atoms with E-state index >= 15 is 0 Å². The fourth-order valence-electron chi connectivity index (χ4n) is 2.63. The van der Waals surface area contributed by atoms with Gasteiger partial charge in [-0.15, -0.1) is 0 Å². The van der Waals surface area contributed by atoms with Gasteiger partial charge in [-0.3, -0.25) is 10.1 Å². The van der Waals surface area contributed by atoms with Crippen molar-refractivity contribution in [1.82, 2.24) is 10.6 Å². The molecule has 0 fully saturated rings. The molecule has 3 rings (SSSR count). The minimum atomic E-state index is -1.13. The first kappa shape index (κ1) is 20.9. The molecule has 156 valence electrons. The topological polar surface area (TPSA) is 103 Å². The summed E-state index contributed by atoms with van der Waals surface area (Å²) in [4.78, 5) is 35.8. The van der Waals surface area contributed by atoms with E-state index in [1.54, 1.807) is 18.2 Å². The lowest BCUT2D eigenvalue weighted by molar-refractivity contribution is -0.149. The smallest absolute Gasteiger partial charge is 0.331 e. The number of benzene rings is 2. The van der Waals surface area contributed by atoms with Crippen molar-refractivity contribution in [3.05, 3.63) is 65.7 Å². The molecular formula is C22H22N2O6. The van der Waals surface area contributed by atoms with Crippen molar-refractivity contribution in [2.75, 3.05) is 13.2 Å². The molecule has 2 aromatic rings. The summed E-state index contributed by atoms with van der Waals surface area (Å²) in [5, 5.41) is 4.70. The van der Waals surface area contributed by atoms with E-state index in [1.165, 1.54) is 19.1 Å². The summed E-state index contributed by atoms with van der Waals surface area (Å²) in [6.45, 7) is 2.62. The highest BCUT2D eigenvalue weighted by molar-refractivity contribution is 5.98. The van der Waals surface area contributed by atoms with Gasteiger partial charge in [0.25, 0.3) is 5.91 Å². The Morgan fingerprint density at radius 1 is 1.07 bits per heavy atom. The molecule has 0 saturated carbocycles. The van der Waals surface area contributed by atoms with Crippen LogP contribution in [-0.2, 0) is 20.9 Å². The second-order valence-electron chi connectivity index (χ2n) is 6.47. The average Bonchev–Trinajstić information content (AvgIpc) is 2.76. The van der Waals surface area contributed by atoms with Gasteiger partial charge in [0.1, 0.15) is 13.2 Å². The zero-order chi connectivity index (χ0) is 21.3. The minimum Gasteiger partial charge on any atom is -0.486 e. The first-order valence-electron chi connectivity index (χ1n) is 9.42. The summed E-state index contributed by atoms with van der Waals surface area (Å²) in [6.07, 6.45) is 1.60. The molecule has 1 aliphatic rings. The van der Waals surface area contributed by atoms with E-state index in [4.69, 9.17) is 14.2 Å². The van der Waals surface area contributed by atoms with E-state index in [1.807, 2.05) is 30.3 Å². The highest BCUT2D eigenvalue weighted by atomic mass is 16.6. The maximum Gasteiger partial charge on any atom is 0.331 e. The van der Waals surface area contributed by atoms with Crippen LogP contribution < -0.4 is 20.1 Å². The Morgan fingerprint density at radius 2 is 1.80 bits per heavy atom. The molecule has 2 N–H and O–H groups in total. The maximum absolute atomic E-state index is 12.0. The average molecular weight is 410 g/mol. The van der Waals surface area contributed by atoms with Crippen LogP contribution in [-0.4, -0.2) is 37.2 Å². The molecule has 1 aliphatic heterocycles. The summed E-state index contributed by atoms with van der Waals surface area (Å²) >= 11 is 0. The molecule has 0 spiro atoms. The first-order valence-corrected chi connectivity index (χ1v) is 9.42. The minimum absolute atomic E-state index is 0.270. The van der Waals surface area contributed by atoms with Crippen LogP contribution in [0.1, 0.15) is 18.1 Å². The second-order valence-corrected chi connectivity index (χ2v) is 6.47. The van der Waals surface area contributed by atoms with Crippen molar-refractivity contribution in [3.8, 4) is 11.5 Å². The zero-order valence-electron chi connectivity index (χ0n) is 16.4. The van der Waals surface area contributed by atoms with Gasteiger partial charge in [-0.1, -0.05) is 36.4 Å². The van der Waals surface area contributed by atoms with Gasteiger partial charge in [-0.2, -0.15) is 0 Å². The van der Waals surface area contributed by atoms with Crippen molar-refractivity contribution in [3.63, 3.8) is 0 Å². The number of hydrogen-bond acceptors (Lipinski definition) is 6. The van der Waals surface area contributed by atoms with Crippen molar-refractivity contribution in [2.24, 2.45) is 0 Å². The third kappa shape index (κ3) is 6.10. The number of fused-ring (bicyclic) bond motifs is 1. The second kappa shape index (κ2) is 10.1. The van der Waals surface area contributed by atoms with Gasteiger partial charge < -0.3 is 19.5 Å². The summed E-state index contributed by atoms with van der Waals surface area (Å²) < 4.78 is 16.0. The molecule has 0 aromatic heterocycles. The number of urea groups is 1. The molecule has 30 heavy (non-hydrogen) atoms. The van der Waals surface area contributed by atoms with E-state index in [-0.39, 0.29) is 6.54 Å². The van der Waals surface area contributed by atoms with Crippen LogP contribution >= 0.6 is 0 Å². The van der Waals surface area contributed by atoms with E-state index in [9.17, 15) is 14.4 Å². The van der Waals surface area contributed by atoms with Crippen molar-refractivity contribution >= 4 is 24.0 Å². The number of hydrogen-bond donors (Lipinski definition) is 2. The van der Waals surface area contributed by atoms with Crippen LogP contribution in [0.2, 0.25) is 0 Å². The molecular weight excluding hydrogens is 388 g/mol. The van der Waals surface area contributed by atoms with E-state index in [2.05, 4.69) is 10.6 Å². The van der Waals surface area contributed by atoms with E-state index in [0.29, 0.717) is 30.3 Å². The van der Waals surface area contributed by atoms with Crippen molar-refractivity contribution in [2.45, 2.75) is 19.6 Å². The summed E-state index contributed by atoms with van der Waals surface area (Å²) in [7, 11) is 0. The summed E-state index contributed by atoms with van der Waals surface area (Å²) in [5.74, 6) is -0.179. The number of amides is 3. The van der Waals surface area contributed by atoms with Gasteiger partial charge in [-0.05, 0) is 36.3 Å². The normalized spacial score (nSPS) is 13.4. The SMILES string of the molecule is C[C@@H](OC(=O)/C=C/c1ccc2c(c1)OCCO2)C(=O)NC(=O)NCc1ccccc1. The Morgan fingerprint density at radius 3 is 2.57 bits per heavy atom. The number of nitrogens with one attached hydrogen (secondary N) is 2. The molecule has 0 saturated heterocycles. The van der Waals surface area contributed by atoms with Gasteiger partial charge >= 0.3 is 12.0 Å². The Hall–Kier alpha value is -3.81. The number of rotatable bonds is 6. The molecule has 1 atom stereocenters. The van der Waals surface area contributed by atoms with Gasteiger partial charge in [0, 0.05) is 12.6 Å². The molecule has 8 heteroatoms. The number of carbonyl (C=O) groups is 3. The third-order valence-corrected chi connectivity index (χ3v) is 4.17. The predicted octanol–water partition coefficient (Wildman–Crippen LogP) is 2.43. The van der Waals surface area contributed by atoms with Gasteiger partial charge in [0.05, 0.1) is 0 Å². The van der Waals surface area contributed by atoms with Crippen LogP contribution in [0.5, 0.6) is 11.5 Å². The van der Waals surface area contributed by atoms with Crippen LogP contribution in [0.15, 0.2) is 54.6 Å². The number of carbonyl (C=O) groups excluding carboxylic acids is 3. The predicted molar refractivity (Wildman–Crippen MR) is 109 cm³/mol. The Labute approximate surface area is 173 Å². The number of ether oxygens (including phenoxy) is 3. The molecule has 0 unspecified atom stereocenters. The molecule has 1 heterocycles. The van der Waals surface area contributed by atoms with Crippen molar-refractivity contribution < 1.29 is 28.6 Å². The Balaban J connectivity index is 1.44. The quantitative estimate of drug-likeness (QED) is 0.560. The molecule has 0 bridgehead atoms. The van der Waals surface area contributed by atoms with Crippen LogP contribution in [0.4, 0.5) is 4.79 Å². The highest BCUT2D eigenvalue weighted by Crippen LogP contribution is 2.31. The molecule has 3 amide bonds. The van der Waals surface area contributed by atoms with Crippen LogP contribution in [0.3, 0.4) is 0 Å².